The van der Waals surface area contributed by atoms with Crippen LogP contribution in [0.1, 0.15) is 64.9 Å². The zero-order chi connectivity index (χ0) is 25.9. The first-order chi connectivity index (χ1) is 17.3. The summed E-state index contributed by atoms with van der Waals surface area (Å²) in [6, 6.07) is 15.1. The average molecular weight is 489 g/mol. The van der Waals surface area contributed by atoms with Gasteiger partial charge in [-0.25, -0.2) is 0 Å². The molecule has 1 aliphatic carbocycles. The molecule has 0 aromatic heterocycles. The van der Waals surface area contributed by atoms with Crippen LogP contribution in [0.5, 0.6) is 11.5 Å². The number of nitrogens with one attached hydrogen (secondary N) is 1. The van der Waals surface area contributed by atoms with Gasteiger partial charge in [0.1, 0.15) is 17.3 Å². The zero-order valence-electron chi connectivity index (χ0n) is 21.9. The summed E-state index contributed by atoms with van der Waals surface area (Å²) in [5.41, 5.74) is 3.25. The van der Waals surface area contributed by atoms with Gasteiger partial charge in [-0.05, 0) is 43.4 Å². The van der Waals surface area contributed by atoms with E-state index in [9.17, 15) is 9.59 Å². The lowest BCUT2D eigenvalue weighted by molar-refractivity contribution is -0.124. The SMILES string of the molecule is CCCCOc1ccccc1[C@@H]1C(C(=O)Nc2ccccc2OC)=C(C)N=C2CC(C)(C)CC(=O)C21. The van der Waals surface area contributed by atoms with Gasteiger partial charge in [0.15, 0.2) is 0 Å². The largest absolute Gasteiger partial charge is 0.495 e. The van der Waals surface area contributed by atoms with Gasteiger partial charge in [-0.2, -0.15) is 0 Å². The molecule has 2 aromatic rings. The van der Waals surface area contributed by atoms with Gasteiger partial charge in [-0.3, -0.25) is 14.6 Å². The Morgan fingerprint density at radius 2 is 1.75 bits per heavy atom. The van der Waals surface area contributed by atoms with Crippen molar-refractivity contribution in [1.82, 2.24) is 0 Å². The number of carbonyl (C=O) groups is 2. The molecule has 6 nitrogen and oxygen atoms in total. The second-order valence-corrected chi connectivity index (χ2v) is 10.4. The zero-order valence-corrected chi connectivity index (χ0v) is 21.9. The molecule has 1 aliphatic heterocycles. The summed E-state index contributed by atoms with van der Waals surface area (Å²) in [6.07, 6.45) is 3.12. The number of anilines is 1. The van der Waals surface area contributed by atoms with Crippen LogP contribution in [0, 0.1) is 11.3 Å². The van der Waals surface area contributed by atoms with Crippen molar-refractivity contribution in [1.29, 1.82) is 0 Å². The smallest absolute Gasteiger partial charge is 0.254 e. The van der Waals surface area contributed by atoms with E-state index in [0.29, 0.717) is 41.5 Å². The molecule has 2 aliphatic rings. The number of methoxy groups -OCH3 is 1. The highest BCUT2D eigenvalue weighted by atomic mass is 16.5. The Morgan fingerprint density at radius 1 is 1.06 bits per heavy atom. The number of ether oxygens (including phenoxy) is 2. The van der Waals surface area contributed by atoms with E-state index in [1.165, 1.54) is 0 Å². The van der Waals surface area contributed by atoms with E-state index in [4.69, 9.17) is 14.5 Å². The van der Waals surface area contributed by atoms with E-state index >= 15 is 0 Å². The molecule has 1 N–H and O–H groups in total. The van der Waals surface area contributed by atoms with Gasteiger partial charge in [0.25, 0.3) is 5.91 Å². The first-order valence-electron chi connectivity index (χ1n) is 12.7. The van der Waals surface area contributed by atoms with E-state index < -0.39 is 11.8 Å². The van der Waals surface area contributed by atoms with Gasteiger partial charge in [0.2, 0.25) is 0 Å². The number of hydrogen-bond acceptors (Lipinski definition) is 5. The number of rotatable bonds is 8. The maximum atomic E-state index is 13.9. The number of carbonyl (C=O) groups excluding carboxylic acids is 2. The summed E-state index contributed by atoms with van der Waals surface area (Å²) >= 11 is 0. The minimum Gasteiger partial charge on any atom is -0.495 e. The molecule has 6 heteroatoms. The van der Waals surface area contributed by atoms with Crippen LogP contribution in [0.3, 0.4) is 0 Å². The summed E-state index contributed by atoms with van der Waals surface area (Å²) in [7, 11) is 1.57. The lowest BCUT2D eigenvalue weighted by atomic mass is 9.63. The number of ketones is 1. The molecule has 1 heterocycles. The molecule has 0 saturated heterocycles. The highest BCUT2D eigenvalue weighted by molar-refractivity contribution is 6.14. The van der Waals surface area contributed by atoms with Crippen LogP contribution in [-0.4, -0.2) is 31.1 Å². The molecule has 36 heavy (non-hydrogen) atoms. The fourth-order valence-electron chi connectivity index (χ4n) is 5.36. The van der Waals surface area contributed by atoms with Gasteiger partial charge in [-0.1, -0.05) is 57.5 Å². The van der Waals surface area contributed by atoms with E-state index in [2.05, 4.69) is 26.1 Å². The summed E-state index contributed by atoms with van der Waals surface area (Å²) in [4.78, 5) is 32.4. The third-order valence-electron chi connectivity index (χ3n) is 6.97. The maximum Gasteiger partial charge on any atom is 0.254 e. The van der Waals surface area contributed by atoms with E-state index in [1.807, 2.05) is 43.3 Å². The Morgan fingerprint density at radius 3 is 2.47 bits per heavy atom. The summed E-state index contributed by atoms with van der Waals surface area (Å²) < 4.78 is 11.6. The molecule has 2 atom stereocenters. The fraction of sp³-hybridized carbons (Fsp3) is 0.433. The van der Waals surface area contributed by atoms with Crippen molar-refractivity contribution >= 4 is 23.1 Å². The highest BCUT2D eigenvalue weighted by Crippen LogP contribution is 2.49. The molecule has 0 spiro atoms. The number of benzene rings is 2. The lowest BCUT2D eigenvalue weighted by Crippen LogP contribution is -2.44. The van der Waals surface area contributed by atoms with E-state index in [1.54, 1.807) is 19.2 Å². The molecule has 4 rings (SSSR count). The van der Waals surface area contributed by atoms with Crippen molar-refractivity contribution in [3.63, 3.8) is 0 Å². The van der Waals surface area contributed by atoms with Gasteiger partial charge in [-0.15, -0.1) is 0 Å². The predicted octanol–water partition coefficient (Wildman–Crippen LogP) is 6.33. The van der Waals surface area contributed by atoms with Crippen molar-refractivity contribution in [3.05, 3.63) is 65.4 Å². The Balaban J connectivity index is 1.82. The van der Waals surface area contributed by atoms with Crippen molar-refractivity contribution in [2.75, 3.05) is 19.0 Å². The molecule has 1 saturated carbocycles. The van der Waals surface area contributed by atoms with E-state index in [0.717, 1.165) is 30.5 Å². The van der Waals surface area contributed by atoms with Crippen molar-refractivity contribution in [3.8, 4) is 11.5 Å². The molecule has 1 fully saturated rings. The van der Waals surface area contributed by atoms with E-state index in [-0.39, 0.29) is 17.1 Å². The molecule has 0 radical (unpaired) electrons. The minimum absolute atomic E-state index is 0.119. The van der Waals surface area contributed by atoms with Crippen molar-refractivity contribution in [2.24, 2.45) is 16.3 Å². The number of allylic oxidation sites excluding steroid dienone is 1. The monoisotopic (exact) mass is 488 g/mol. The molecule has 190 valence electrons. The van der Waals surface area contributed by atoms with Crippen molar-refractivity contribution < 1.29 is 19.1 Å². The number of para-hydroxylation sites is 3. The topological polar surface area (TPSA) is 77.0 Å². The normalized spacial score (nSPS) is 20.9. The van der Waals surface area contributed by atoms with Gasteiger partial charge in [0, 0.05) is 34.9 Å². The number of hydrogen-bond donors (Lipinski definition) is 1. The van der Waals surface area contributed by atoms with Crippen LogP contribution >= 0.6 is 0 Å². The number of unbranched alkanes of at least 4 members (excludes halogenated alkanes) is 1. The lowest BCUT2D eigenvalue weighted by Gasteiger charge is -2.41. The molecular formula is C30H36N2O4. The Kier molecular flexibility index (Phi) is 7.62. The molecular weight excluding hydrogens is 452 g/mol. The van der Waals surface area contributed by atoms with Crippen LogP contribution in [0.2, 0.25) is 0 Å². The first kappa shape index (κ1) is 25.7. The number of nitrogens with zero attached hydrogens (tertiary/aromatic N) is 1. The van der Waals surface area contributed by atoms with Gasteiger partial charge in [0.05, 0.1) is 25.3 Å². The summed E-state index contributed by atoms with van der Waals surface area (Å²) in [6.45, 7) is 8.76. The maximum absolute atomic E-state index is 13.9. The highest BCUT2D eigenvalue weighted by Gasteiger charge is 2.48. The summed E-state index contributed by atoms with van der Waals surface area (Å²) in [5, 5.41) is 3.02. The molecule has 1 unspecified atom stereocenters. The van der Waals surface area contributed by atoms with Gasteiger partial charge >= 0.3 is 0 Å². The van der Waals surface area contributed by atoms with Crippen molar-refractivity contribution in [2.45, 2.75) is 59.3 Å². The quantitative estimate of drug-likeness (QED) is 0.441. The van der Waals surface area contributed by atoms with Gasteiger partial charge < -0.3 is 14.8 Å². The number of fused-ring (bicyclic) bond motifs is 1. The average Bonchev–Trinajstić information content (AvgIpc) is 2.83. The first-order valence-corrected chi connectivity index (χ1v) is 12.7. The standard InChI is InChI=1S/C30H36N2O4/c1-6-7-16-36-24-14-10-8-12-20(24)27-26(29(34)32-21-13-9-11-15-25(21)35-5)19(2)31-22-17-30(3,4)18-23(33)28(22)27/h8-15,27-28H,6-7,16-18H2,1-5H3,(H,32,34)/t27-,28?/m1/s1. The summed E-state index contributed by atoms with van der Waals surface area (Å²) in [5.74, 6) is 0.147. The number of amides is 1. The molecule has 2 aromatic carbocycles. The third kappa shape index (κ3) is 5.23. The fourth-order valence-corrected chi connectivity index (χ4v) is 5.36. The van der Waals surface area contributed by atoms with Crippen LogP contribution in [-0.2, 0) is 9.59 Å². The van der Waals surface area contributed by atoms with Crippen LogP contribution in [0.25, 0.3) is 0 Å². The molecule has 1 amide bonds. The minimum atomic E-state index is -0.490. The molecule has 0 bridgehead atoms. The predicted molar refractivity (Wildman–Crippen MR) is 143 cm³/mol. The Labute approximate surface area is 213 Å². The number of Topliss-reactive ketones (excluding diaryl/α,β-unsaturated/α-hetero) is 1. The second-order valence-electron chi connectivity index (χ2n) is 10.4. The second kappa shape index (κ2) is 10.7. The van der Waals surface area contributed by atoms with Crippen LogP contribution < -0.4 is 14.8 Å². The Hall–Kier alpha value is -3.41. The third-order valence-corrected chi connectivity index (χ3v) is 6.97. The Bertz CT molecular complexity index is 1210. The van der Waals surface area contributed by atoms with Crippen LogP contribution in [0.15, 0.2) is 64.8 Å². The number of aliphatic imine (C=N–C) groups is 1. The van der Waals surface area contributed by atoms with Crippen LogP contribution in [0.4, 0.5) is 5.69 Å².